The van der Waals surface area contributed by atoms with Gasteiger partial charge in [-0.2, -0.15) is 0 Å². The fraction of sp³-hybridized carbons (Fsp3) is 0.385. The zero-order valence-electron chi connectivity index (χ0n) is 10.3. The summed E-state index contributed by atoms with van der Waals surface area (Å²) in [6.07, 6.45) is 5.11. The molecule has 0 atom stereocenters. The second-order valence-electron chi connectivity index (χ2n) is 3.23. The van der Waals surface area contributed by atoms with Crippen LogP contribution in [0.1, 0.15) is 5.56 Å². The summed E-state index contributed by atoms with van der Waals surface area (Å²) in [7, 11) is 4.71. The van der Waals surface area contributed by atoms with Gasteiger partial charge in [-0.1, -0.05) is 5.92 Å². The van der Waals surface area contributed by atoms with Gasteiger partial charge < -0.3 is 18.9 Å². The van der Waals surface area contributed by atoms with Gasteiger partial charge in [0.15, 0.2) is 11.5 Å². The van der Waals surface area contributed by atoms with Gasteiger partial charge in [0.25, 0.3) is 0 Å². The molecule has 1 rings (SSSR count). The standard InChI is InChI=1S/C13H16O4/c1-5-6-17-9-10-7-11(14-2)13(16-4)12(8-10)15-3/h1,7-8H,6,9H2,2-4H3. The third kappa shape index (κ3) is 3.30. The summed E-state index contributed by atoms with van der Waals surface area (Å²) in [6.45, 7) is 0.678. The van der Waals surface area contributed by atoms with Gasteiger partial charge in [0, 0.05) is 0 Å². The Kier molecular flexibility index (Phi) is 5.18. The maximum atomic E-state index is 5.25. The van der Waals surface area contributed by atoms with Crippen LogP contribution in [0.3, 0.4) is 0 Å². The first kappa shape index (κ1) is 13.2. The molecule has 0 radical (unpaired) electrons. The van der Waals surface area contributed by atoms with E-state index in [1.54, 1.807) is 21.3 Å². The Labute approximate surface area is 101 Å². The molecule has 1 aromatic rings. The highest BCUT2D eigenvalue weighted by Crippen LogP contribution is 2.38. The third-order valence-electron chi connectivity index (χ3n) is 2.18. The van der Waals surface area contributed by atoms with Crippen molar-refractivity contribution in [3.63, 3.8) is 0 Å². The van der Waals surface area contributed by atoms with Crippen molar-refractivity contribution in [3.05, 3.63) is 17.7 Å². The number of benzene rings is 1. The van der Waals surface area contributed by atoms with Crippen LogP contribution < -0.4 is 14.2 Å². The Hall–Kier alpha value is -1.86. The van der Waals surface area contributed by atoms with Crippen molar-refractivity contribution in [3.8, 4) is 29.6 Å². The van der Waals surface area contributed by atoms with Gasteiger partial charge >= 0.3 is 0 Å². The van der Waals surface area contributed by atoms with Crippen molar-refractivity contribution in [2.24, 2.45) is 0 Å². The summed E-state index contributed by atoms with van der Waals surface area (Å²) in [5.41, 5.74) is 0.912. The summed E-state index contributed by atoms with van der Waals surface area (Å²) in [5, 5.41) is 0. The lowest BCUT2D eigenvalue weighted by Gasteiger charge is -2.13. The fourth-order valence-electron chi connectivity index (χ4n) is 1.45. The molecule has 4 heteroatoms. The predicted molar refractivity (Wildman–Crippen MR) is 64.6 cm³/mol. The minimum atomic E-state index is 0.274. The van der Waals surface area contributed by atoms with Gasteiger partial charge in [-0.3, -0.25) is 0 Å². The van der Waals surface area contributed by atoms with Crippen LogP contribution in [0.5, 0.6) is 17.2 Å². The molecule has 0 unspecified atom stereocenters. The van der Waals surface area contributed by atoms with Gasteiger partial charge in [-0.25, -0.2) is 0 Å². The molecule has 0 N–H and O–H groups in total. The molecule has 17 heavy (non-hydrogen) atoms. The predicted octanol–water partition coefficient (Wildman–Crippen LogP) is 1.86. The first-order chi connectivity index (χ1) is 8.26. The number of hydrogen-bond donors (Lipinski definition) is 0. The molecule has 0 saturated heterocycles. The first-order valence-corrected chi connectivity index (χ1v) is 5.06. The lowest BCUT2D eigenvalue weighted by molar-refractivity contribution is 0.153. The third-order valence-corrected chi connectivity index (χ3v) is 2.18. The molecule has 0 fully saturated rings. The van der Waals surface area contributed by atoms with E-state index in [1.165, 1.54) is 0 Å². The van der Waals surface area contributed by atoms with E-state index < -0.39 is 0 Å². The number of ether oxygens (including phenoxy) is 4. The molecule has 0 saturated carbocycles. The van der Waals surface area contributed by atoms with Crippen molar-refractivity contribution in [2.75, 3.05) is 27.9 Å². The van der Waals surface area contributed by atoms with Crippen LogP contribution in [0.25, 0.3) is 0 Å². The van der Waals surface area contributed by atoms with E-state index in [1.807, 2.05) is 12.1 Å². The largest absolute Gasteiger partial charge is 0.493 e. The van der Waals surface area contributed by atoms with E-state index >= 15 is 0 Å². The van der Waals surface area contributed by atoms with Gasteiger partial charge in [0.1, 0.15) is 6.61 Å². The van der Waals surface area contributed by atoms with E-state index in [4.69, 9.17) is 25.4 Å². The first-order valence-electron chi connectivity index (χ1n) is 5.06. The summed E-state index contributed by atoms with van der Waals surface area (Å²) in [5.74, 6) is 4.18. The zero-order chi connectivity index (χ0) is 12.7. The highest BCUT2D eigenvalue weighted by Gasteiger charge is 2.12. The Morgan fingerprint density at radius 2 is 1.65 bits per heavy atom. The molecular weight excluding hydrogens is 220 g/mol. The molecule has 0 aliphatic carbocycles. The van der Waals surface area contributed by atoms with Crippen LogP contribution in [0.4, 0.5) is 0 Å². The minimum Gasteiger partial charge on any atom is -0.493 e. The van der Waals surface area contributed by atoms with Crippen LogP contribution in [0.2, 0.25) is 0 Å². The van der Waals surface area contributed by atoms with E-state index in [2.05, 4.69) is 5.92 Å². The molecule has 0 heterocycles. The Bertz CT molecular complexity index is 381. The highest BCUT2D eigenvalue weighted by atomic mass is 16.5. The average molecular weight is 236 g/mol. The fourth-order valence-corrected chi connectivity index (χ4v) is 1.45. The van der Waals surface area contributed by atoms with Gasteiger partial charge in [0.2, 0.25) is 5.75 Å². The summed E-state index contributed by atoms with van der Waals surface area (Å²) in [6, 6.07) is 3.66. The van der Waals surface area contributed by atoms with E-state index in [9.17, 15) is 0 Å². The van der Waals surface area contributed by atoms with Gasteiger partial charge in [-0.15, -0.1) is 6.42 Å². The summed E-state index contributed by atoms with van der Waals surface area (Å²) in [4.78, 5) is 0. The van der Waals surface area contributed by atoms with E-state index in [-0.39, 0.29) is 6.61 Å². The quantitative estimate of drug-likeness (QED) is 0.558. The smallest absolute Gasteiger partial charge is 0.203 e. The average Bonchev–Trinajstić information content (AvgIpc) is 2.37. The van der Waals surface area contributed by atoms with Crippen LogP contribution in [-0.4, -0.2) is 27.9 Å². The van der Waals surface area contributed by atoms with E-state index in [0.717, 1.165) is 5.56 Å². The number of hydrogen-bond acceptors (Lipinski definition) is 4. The van der Waals surface area contributed by atoms with Crippen molar-refractivity contribution in [1.29, 1.82) is 0 Å². The highest BCUT2D eigenvalue weighted by molar-refractivity contribution is 5.53. The molecular formula is C13H16O4. The topological polar surface area (TPSA) is 36.9 Å². The number of rotatable bonds is 6. The van der Waals surface area contributed by atoms with Gasteiger partial charge in [0.05, 0.1) is 27.9 Å². The maximum Gasteiger partial charge on any atom is 0.203 e. The molecule has 0 bridgehead atoms. The number of terminal acetylenes is 1. The van der Waals surface area contributed by atoms with E-state index in [0.29, 0.717) is 23.9 Å². The van der Waals surface area contributed by atoms with Crippen LogP contribution in [0.15, 0.2) is 12.1 Å². The SMILES string of the molecule is C#CCOCc1cc(OC)c(OC)c(OC)c1. The van der Waals surface area contributed by atoms with Crippen molar-refractivity contribution in [1.82, 2.24) is 0 Å². The van der Waals surface area contributed by atoms with Crippen molar-refractivity contribution < 1.29 is 18.9 Å². The van der Waals surface area contributed by atoms with Crippen LogP contribution in [-0.2, 0) is 11.3 Å². The molecule has 0 amide bonds. The molecule has 0 aliphatic rings. The summed E-state index contributed by atoms with van der Waals surface area (Å²) < 4.78 is 20.9. The van der Waals surface area contributed by atoms with Crippen LogP contribution in [0, 0.1) is 12.3 Å². The Morgan fingerprint density at radius 3 is 2.06 bits per heavy atom. The molecule has 92 valence electrons. The maximum absolute atomic E-state index is 5.25. The molecule has 0 spiro atoms. The van der Waals surface area contributed by atoms with Crippen molar-refractivity contribution in [2.45, 2.75) is 6.61 Å². The monoisotopic (exact) mass is 236 g/mol. The number of methoxy groups -OCH3 is 3. The molecule has 0 aliphatic heterocycles. The second-order valence-corrected chi connectivity index (χ2v) is 3.23. The van der Waals surface area contributed by atoms with Crippen LogP contribution >= 0.6 is 0 Å². The Balaban J connectivity index is 2.97. The van der Waals surface area contributed by atoms with Crippen molar-refractivity contribution >= 4 is 0 Å². The molecule has 4 nitrogen and oxygen atoms in total. The Morgan fingerprint density at radius 1 is 1.06 bits per heavy atom. The van der Waals surface area contributed by atoms with Gasteiger partial charge in [-0.05, 0) is 17.7 Å². The summed E-state index contributed by atoms with van der Waals surface area (Å²) >= 11 is 0. The zero-order valence-corrected chi connectivity index (χ0v) is 10.3. The lowest BCUT2D eigenvalue weighted by Crippen LogP contribution is -1.99. The normalized spacial score (nSPS) is 9.53. The minimum absolute atomic E-state index is 0.274. The lowest BCUT2D eigenvalue weighted by atomic mass is 10.2. The molecule has 1 aromatic carbocycles. The second kappa shape index (κ2) is 6.66. The molecule has 0 aromatic heterocycles.